The van der Waals surface area contributed by atoms with Crippen LogP contribution in [0, 0.1) is 0 Å². The number of carbonyl (C=O) groups is 2. The molecule has 0 saturated carbocycles. The normalized spacial score (nSPS) is 13.7. The largest absolute Gasteiger partial charge is 0.506 e. The quantitative estimate of drug-likeness (QED) is 0.376. The molecular weight excluding hydrogens is 484 g/mol. The highest BCUT2D eigenvalue weighted by molar-refractivity contribution is 9.11. The van der Waals surface area contributed by atoms with Crippen molar-refractivity contribution in [3.05, 3.63) is 56.1 Å². The van der Waals surface area contributed by atoms with Crippen LogP contribution in [0.25, 0.3) is 11.0 Å². The number of ketones is 1. The third-order valence-electron chi connectivity index (χ3n) is 3.74. The second-order valence-corrected chi connectivity index (χ2v) is 7.35. The van der Waals surface area contributed by atoms with Gasteiger partial charge in [0, 0.05) is 17.9 Å². The number of phenols is 2. The van der Waals surface area contributed by atoms with Gasteiger partial charge >= 0.3 is 5.97 Å². The Bertz CT molecular complexity index is 1200. The predicted octanol–water partition coefficient (Wildman–Crippen LogP) is 5.22. The van der Waals surface area contributed by atoms with E-state index in [1.807, 2.05) is 0 Å². The minimum atomic E-state index is -1.06. The zero-order valence-corrected chi connectivity index (χ0v) is 17.2. The molecule has 1 unspecified atom stereocenters. The standard InChI is InChI=1S/C19H14Br2O6/c1-8(26-9(2)22)18-15(11-4-3-5-14(23)19(11)27-18)16(24)10-6-12(20)17(25)13(21)7-10/h3-8,23,25H,1-2H3/i3D,4D,5D. The maximum atomic E-state index is 13.4. The average molecular weight is 501 g/mol. The van der Waals surface area contributed by atoms with Gasteiger partial charge in [0.2, 0.25) is 0 Å². The topological polar surface area (TPSA) is 97.0 Å². The molecule has 0 fully saturated rings. The van der Waals surface area contributed by atoms with Gasteiger partial charge in [-0.2, -0.15) is 0 Å². The lowest BCUT2D eigenvalue weighted by Gasteiger charge is -2.11. The molecule has 1 atom stereocenters. The molecule has 0 aliphatic heterocycles. The minimum absolute atomic E-state index is 0.0888. The van der Waals surface area contributed by atoms with Gasteiger partial charge in [-0.05, 0) is 57.0 Å². The molecule has 6 nitrogen and oxygen atoms in total. The second kappa shape index (κ2) is 7.36. The number of furan rings is 1. The molecule has 0 amide bonds. The van der Waals surface area contributed by atoms with E-state index >= 15 is 0 Å². The number of halogens is 2. The first-order valence-electron chi connectivity index (χ1n) is 9.10. The van der Waals surface area contributed by atoms with Crippen molar-refractivity contribution in [1.29, 1.82) is 0 Å². The van der Waals surface area contributed by atoms with Crippen molar-refractivity contribution in [2.24, 2.45) is 0 Å². The maximum Gasteiger partial charge on any atom is 0.303 e. The first-order valence-corrected chi connectivity index (χ1v) is 9.19. The van der Waals surface area contributed by atoms with Crippen LogP contribution in [0.15, 0.2) is 43.6 Å². The molecule has 0 radical (unpaired) electrons. The van der Waals surface area contributed by atoms with Gasteiger partial charge in [-0.3, -0.25) is 9.59 Å². The van der Waals surface area contributed by atoms with Crippen LogP contribution in [0.1, 0.15) is 45.7 Å². The van der Waals surface area contributed by atoms with Crippen LogP contribution in [-0.2, 0) is 9.53 Å². The lowest BCUT2D eigenvalue weighted by Crippen LogP contribution is -2.10. The van der Waals surface area contributed by atoms with E-state index in [0.29, 0.717) is 0 Å². The van der Waals surface area contributed by atoms with Crippen LogP contribution in [0.2, 0.25) is 0 Å². The highest BCUT2D eigenvalue weighted by atomic mass is 79.9. The molecule has 1 heterocycles. The number of benzene rings is 2. The summed E-state index contributed by atoms with van der Waals surface area (Å²) in [4.78, 5) is 24.8. The van der Waals surface area contributed by atoms with Gasteiger partial charge in [0.05, 0.1) is 18.6 Å². The van der Waals surface area contributed by atoms with Crippen LogP contribution in [0.4, 0.5) is 0 Å². The van der Waals surface area contributed by atoms with Gasteiger partial charge in [0.1, 0.15) is 5.75 Å². The average Bonchev–Trinajstić information content (AvgIpc) is 3.08. The Morgan fingerprint density at radius 2 is 1.85 bits per heavy atom. The SMILES string of the molecule is [2H]c1c([2H])c([2H])c2c(C(=O)c3cc(Br)c(O)c(Br)c3)c(C(C)OC(C)=O)oc2c1O. The molecule has 3 rings (SSSR count). The number of fused-ring (bicyclic) bond motifs is 1. The molecule has 140 valence electrons. The second-order valence-electron chi connectivity index (χ2n) is 5.64. The molecular formula is C19H14Br2O6. The number of carbonyl (C=O) groups excluding carboxylic acids is 2. The Morgan fingerprint density at radius 1 is 1.22 bits per heavy atom. The Morgan fingerprint density at radius 3 is 2.44 bits per heavy atom. The molecule has 0 saturated heterocycles. The van der Waals surface area contributed by atoms with Crippen LogP contribution in [-0.4, -0.2) is 22.0 Å². The van der Waals surface area contributed by atoms with Crippen LogP contribution >= 0.6 is 31.9 Å². The summed E-state index contributed by atoms with van der Waals surface area (Å²) in [5.41, 5.74) is -0.418. The van der Waals surface area contributed by atoms with E-state index in [9.17, 15) is 19.8 Å². The van der Waals surface area contributed by atoms with Gasteiger partial charge in [0.25, 0.3) is 0 Å². The van der Waals surface area contributed by atoms with Crippen molar-refractivity contribution in [1.82, 2.24) is 0 Å². The molecule has 2 N–H and O–H groups in total. The van der Waals surface area contributed by atoms with Crippen LogP contribution < -0.4 is 0 Å². The van der Waals surface area contributed by atoms with Gasteiger partial charge in [-0.1, -0.05) is 12.1 Å². The first-order chi connectivity index (χ1) is 14.0. The number of hydrogen-bond acceptors (Lipinski definition) is 6. The summed E-state index contributed by atoms with van der Waals surface area (Å²) in [5.74, 6) is -2.26. The van der Waals surface area contributed by atoms with E-state index in [2.05, 4.69) is 31.9 Å². The van der Waals surface area contributed by atoms with Crippen molar-refractivity contribution in [2.45, 2.75) is 20.0 Å². The molecule has 27 heavy (non-hydrogen) atoms. The van der Waals surface area contributed by atoms with Gasteiger partial charge < -0.3 is 19.4 Å². The number of rotatable bonds is 4. The number of esters is 1. The number of hydrogen-bond donors (Lipinski definition) is 2. The first kappa shape index (κ1) is 15.7. The third kappa shape index (κ3) is 3.59. The van der Waals surface area contributed by atoms with Crippen molar-refractivity contribution < 1.29 is 33.1 Å². The van der Waals surface area contributed by atoms with E-state index in [1.54, 1.807) is 0 Å². The third-order valence-corrected chi connectivity index (χ3v) is 4.95. The van der Waals surface area contributed by atoms with Crippen molar-refractivity contribution in [3.63, 3.8) is 0 Å². The Labute approximate surface area is 175 Å². The summed E-state index contributed by atoms with van der Waals surface area (Å²) in [6.45, 7) is 2.62. The van der Waals surface area contributed by atoms with E-state index in [1.165, 1.54) is 26.0 Å². The molecule has 0 bridgehead atoms. The monoisotopic (exact) mass is 499 g/mol. The van der Waals surface area contributed by atoms with Crippen molar-refractivity contribution in [2.75, 3.05) is 0 Å². The lowest BCUT2D eigenvalue weighted by molar-refractivity contribution is -0.146. The van der Waals surface area contributed by atoms with E-state index < -0.39 is 41.7 Å². The fraction of sp³-hybridized carbons (Fsp3) is 0.158. The molecule has 0 aliphatic carbocycles. The summed E-state index contributed by atoms with van der Waals surface area (Å²) >= 11 is 6.30. The smallest absolute Gasteiger partial charge is 0.303 e. The Hall–Kier alpha value is -2.32. The van der Waals surface area contributed by atoms with Crippen LogP contribution in [0.3, 0.4) is 0 Å². The Kier molecular flexibility index (Phi) is 4.28. The van der Waals surface area contributed by atoms with Gasteiger partial charge in [-0.25, -0.2) is 0 Å². The molecule has 0 spiro atoms. The van der Waals surface area contributed by atoms with Crippen molar-refractivity contribution in [3.8, 4) is 11.5 Å². The summed E-state index contributed by atoms with van der Waals surface area (Å²) in [6, 6.07) is 1.01. The molecule has 2 aromatic carbocycles. The summed E-state index contributed by atoms with van der Waals surface area (Å²) in [7, 11) is 0. The zero-order chi connectivity index (χ0) is 22.5. The van der Waals surface area contributed by atoms with Crippen molar-refractivity contribution >= 4 is 54.6 Å². The summed E-state index contributed by atoms with van der Waals surface area (Å²) in [5, 5.41) is 20.0. The maximum absolute atomic E-state index is 13.4. The highest BCUT2D eigenvalue weighted by Crippen LogP contribution is 2.39. The zero-order valence-electron chi connectivity index (χ0n) is 17.0. The van der Waals surface area contributed by atoms with Crippen LogP contribution in [0.5, 0.6) is 11.5 Å². The minimum Gasteiger partial charge on any atom is -0.506 e. The molecule has 0 aliphatic rings. The predicted molar refractivity (Wildman–Crippen MR) is 105 cm³/mol. The molecule has 3 aromatic rings. The fourth-order valence-corrected chi connectivity index (χ4v) is 3.79. The summed E-state index contributed by atoms with van der Waals surface area (Å²) in [6.07, 6.45) is -1.06. The van der Waals surface area contributed by atoms with E-state index in [0.717, 1.165) is 0 Å². The fourth-order valence-electron chi connectivity index (χ4n) is 2.60. The Balaban J connectivity index is 2.38. The van der Waals surface area contributed by atoms with Gasteiger partial charge in [0.15, 0.2) is 29.0 Å². The summed E-state index contributed by atoms with van der Waals surface area (Å²) < 4.78 is 35.1. The number of aromatic hydroxyl groups is 2. The van der Waals surface area contributed by atoms with E-state index in [4.69, 9.17) is 13.3 Å². The van der Waals surface area contributed by atoms with Gasteiger partial charge in [-0.15, -0.1) is 0 Å². The highest BCUT2D eigenvalue weighted by Gasteiger charge is 2.28. The number of phenolic OH excluding ortho intramolecular Hbond substituents is 2. The molecule has 1 aromatic heterocycles. The molecule has 8 heteroatoms. The lowest BCUT2D eigenvalue weighted by atomic mass is 9.98. The number of para-hydroxylation sites is 1. The number of ether oxygens (including phenoxy) is 1. The van der Waals surface area contributed by atoms with E-state index in [-0.39, 0.29) is 42.6 Å².